The molecule has 1 saturated heterocycles. The van der Waals surface area contributed by atoms with Crippen molar-refractivity contribution in [1.82, 2.24) is 4.90 Å². The minimum absolute atomic E-state index is 0.173. The van der Waals surface area contributed by atoms with Crippen molar-refractivity contribution in [2.45, 2.75) is 32.8 Å². The van der Waals surface area contributed by atoms with Gasteiger partial charge in [0.05, 0.1) is 11.5 Å². The lowest BCUT2D eigenvalue weighted by atomic mass is 9.84. The average Bonchev–Trinajstić information content (AvgIpc) is 2.62. The van der Waals surface area contributed by atoms with Crippen LogP contribution in [0.25, 0.3) is 0 Å². The summed E-state index contributed by atoms with van der Waals surface area (Å²) < 4.78 is 5.19. The highest BCUT2D eigenvalue weighted by Crippen LogP contribution is 2.34. The second-order valence-electron chi connectivity index (χ2n) is 4.47. The lowest BCUT2D eigenvalue weighted by molar-refractivity contribution is -0.148. The van der Waals surface area contributed by atoms with Gasteiger partial charge >= 0.3 is 5.97 Å². The van der Waals surface area contributed by atoms with E-state index < -0.39 is 11.4 Å². The number of carboxylic acids is 1. The van der Waals surface area contributed by atoms with Crippen LogP contribution in [0.3, 0.4) is 0 Å². The van der Waals surface area contributed by atoms with Crippen LogP contribution in [-0.4, -0.2) is 48.8 Å². The van der Waals surface area contributed by atoms with E-state index in [0.29, 0.717) is 13.0 Å². The third kappa shape index (κ3) is 2.69. The van der Waals surface area contributed by atoms with Crippen molar-refractivity contribution in [3.8, 4) is 0 Å². The topological polar surface area (TPSA) is 49.8 Å². The molecule has 15 heavy (non-hydrogen) atoms. The molecule has 1 aliphatic heterocycles. The molecule has 2 unspecified atom stereocenters. The molecule has 0 aromatic heterocycles. The molecule has 0 aliphatic carbocycles. The minimum atomic E-state index is -0.655. The summed E-state index contributed by atoms with van der Waals surface area (Å²) >= 11 is 0. The van der Waals surface area contributed by atoms with Crippen molar-refractivity contribution in [1.29, 1.82) is 0 Å². The van der Waals surface area contributed by atoms with Gasteiger partial charge < -0.3 is 9.84 Å². The van der Waals surface area contributed by atoms with E-state index in [4.69, 9.17) is 4.74 Å². The summed E-state index contributed by atoms with van der Waals surface area (Å²) in [5.74, 6) is -0.655. The first kappa shape index (κ1) is 12.5. The Balaban J connectivity index is 2.53. The Bertz CT molecular complexity index is 232. The number of methoxy groups -OCH3 is 1. The smallest absolute Gasteiger partial charge is 0.310 e. The van der Waals surface area contributed by atoms with Gasteiger partial charge in [-0.25, -0.2) is 0 Å². The van der Waals surface area contributed by atoms with E-state index in [1.165, 1.54) is 0 Å². The van der Waals surface area contributed by atoms with E-state index in [2.05, 4.69) is 4.90 Å². The SMILES string of the molecule is CCC1(C(=O)O)CCN(CC(C)OC)C1. The van der Waals surface area contributed by atoms with Crippen molar-refractivity contribution < 1.29 is 14.6 Å². The number of nitrogens with zero attached hydrogens (tertiary/aromatic N) is 1. The molecule has 0 radical (unpaired) electrons. The van der Waals surface area contributed by atoms with E-state index >= 15 is 0 Å². The molecule has 0 aromatic rings. The minimum Gasteiger partial charge on any atom is -0.481 e. The number of rotatable bonds is 5. The molecule has 1 heterocycles. The average molecular weight is 215 g/mol. The molecule has 0 saturated carbocycles. The third-order valence-corrected chi connectivity index (χ3v) is 3.48. The van der Waals surface area contributed by atoms with Gasteiger partial charge in [0.1, 0.15) is 0 Å². The maximum absolute atomic E-state index is 11.2. The molecule has 0 bridgehead atoms. The Hall–Kier alpha value is -0.610. The third-order valence-electron chi connectivity index (χ3n) is 3.48. The van der Waals surface area contributed by atoms with Crippen molar-refractivity contribution in [2.75, 3.05) is 26.7 Å². The van der Waals surface area contributed by atoms with Crippen molar-refractivity contribution >= 4 is 5.97 Å². The zero-order valence-corrected chi connectivity index (χ0v) is 9.82. The van der Waals surface area contributed by atoms with E-state index in [1.807, 2.05) is 13.8 Å². The predicted octanol–water partition coefficient (Wildman–Crippen LogP) is 1.21. The number of likely N-dealkylation sites (tertiary alicyclic amines) is 1. The fourth-order valence-electron chi connectivity index (χ4n) is 2.17. The van der Waals surface area contributed by atoms with Crippen molar-refractivity contribution in [3.63, 3.8) is 0 Å². The van der Waals surface area contributed by atoms with Gasteiger partial charge in [-0.05, 0) is 26.3 Å². The normalized spacial score (nSPS) is 29.3. The summed E-state index contributed by atoms with van der Waals surface area (Å²) in [5.41, 5.74) is -0.520. The molecular formula is C11H21NO3. The summed E-state index contributed by atoms with van der Waals surface area (Å²) in [4.78, 5) is 13.4. The van der Waals surface area contributed by atoms with E-state index in [0.717, 1.165) is 19.5 Å². The van der Waals surface area contributed by atoms with Crippen LogP contribution in [-0.2, 0) is 9.53 Å². The zero-order valence-electron chi connectivity index (χ0n) is 9.82. The summed E-state index contributed by atoms with van der Waals surface area (Å²) in [6.45, 7) is 6.32. The quantitative estimate of drug-likeness (QED) is 0.749. The Morgan fingerprint density at radius 1 is 1.67 bits per heavy atom. The fraction of sp³-hybridized carbons (Fsp3) is 0.909. The molecule has 0 spiro atoms. The molecule has 1 fully saturated rings. The highest BCUT2D eigenvalue weighted by molar-refractivity contribution is 5.75. The van der Waals surface area contributed by atoms with Crippen LogP contribution in [0.1, 0.15) is 26.7 Å². The summed E-state index contributed by atoms with van der Waals surface area (Å²) in [7, 11) is 1.69. The first-order valence-electron chi connectivity index (χ1n) is 5.52. The lowest BCUT2D eigenvalue weighted by Gasteiger charge is -2.24. The van der Waals surface area contributed by atoms with Gasteiger partial charge in [0.25, 0.3) is 0 Å². The first-order valence-corrected chi connectivity index (χ1v) is 5.52. The van der Waals surface area contributed by atoms with Gasteiger partial charge in [-0.3, -0.25) is 9.69 Å². The van der Waals surface area contributed by atoms with Gasteiger partial charge in [0.15, 0.2) is 0 Å². The lowest BCUT2D eigenvalue weighted by Crippen LogP contribution is -2.36. The zero-order chi connectivity index (χ0) is 11.5. The molecule has 1 aliphatic rings. The van der Waals surface area contributed by atoms with Crippen LogP contribution in [0.5, 0.6) is 0 Å². The molecule has 4 heteroatoms. The van der Waals surface area contributed by atoms with E-state index in [-0.39, 0.29) is 6.10 Å². The number of ether oxygens (including phenoxy) is 1. The molecular weight excluding hydrogens is 194 g/mol. The van der Waals surface area contributed by atoms with E-state index in [9.17, 15) is 9.90 Å². The Morgan fingerprint density at radius 3 is 2.73 bits per heavy atom. The van der Waals surface area contributed by atoms with Gasteiger partial charge in [-0.15, -0.1) is 0 Å². The number of aliphatic carboxylic acids is 1. The number of hydrogen-bond acceptors (Lipinski definition) is 3. The summed E-state index contributed by atoms with van der Waals surface area (Å²) in [6, 6.07) is 0. The Kier molecular flexibility index (Phi) is 4.11. The van der Waals surface area contributed by atoms with Gasteiger partial charge in [-0.2, -0.15) is 0 Å². The predicted molar refractivity (Wildman–Crippen MR) is 57.9 cm³/mol. The van der Waals surface area contributed by atoms with Crippen molar-refractivity contribution in [3.05, 3.63) is 0 Å². The molecule has 0 amide bonds. The second-order valence-corrected chi connectivity index (χ2v) is 4.47. The van der Waals surface area contributed by atoms with Crippen LogP contribution in [0, 0.1) is 5.41 Å². The standard InChI is InChI=1S/C11H21NO3/c1-4-11(10(13)14)5-6-12(8-11)7-9(2)15-3/h9H,4-8H2,1-3H3,(H,13,14). The molecule has 1 rings (SSSR count). The molecule has 0 aromatic carbocycles. The maximum atomic E-state index is 11.2. The van der Waals surface area contributed by atoms with Gasteiger partial charge in [0, 0.05) is 20.2 Å². The Morgan fingerprint density at radius 2 is 2.33 bits per heavy atom. The number of hydrogen-bond donors (Lipinski definition) is 1. The number of carboxylic acid groups (broad SMARTS) is 1. The van der Waals surface area contributed by atoms with E-state index in [1.54, 1.807) is 7.11 Å². The Labute approximate surface area is 91.2 Å². The monoisotopic (exact) mass is 215 g/mol. The fourth-order valence-corrected chi connectivity index (χ4v) is 2.17. The van der Waals surface area contributed by atoms with Crippen LogP contribution in [0.2, 0.25) is 0 Å². The molecule has 2 atom stereocenters. The maximum Gasteiger partial charge on any atom is 0.310 e. The molecule has 88 valence electrons. The highest BCUT2D eigenvalue weighted by atomic mass is 16.5. The van der Waals surface area contributed by atoms with Gasteiger partial charge in [0.2, 0.25) is 0 Å². The van der Waals surface area contributed by atoms with Crippen LogP contribution in [0.15, 0.2) is 0 Å². The molecule has 4 nitrogen and oxygen atoms in total. The number of carbonyl (C=O) groups is 1. The highest BCUT2D eigenvalue weighted by Gasteiger charge is 2.43. The largest absolute Gasteiger partial charge is 0.481 e. The van der Waals surface area contributed by atoms with Crippen LogP contribution < -0.4 is 0 Å². The van der Waals surface area contributed by atoms with Crippen LogP contribution in [0.4, 0.5) is 0 Å². The molecule has 1 N–H and O–H groups in total. The van der Waals surface area contributed by atoms with Gasteiger partial charge in [-0.1, -0.05) is 6.92 Å². The first-order chi connectivity index (χ1) is 7.04. The van der Waals surface area contributed by atoms with Crippen LogP contribution >= 0.6 is 0 Å². The summed E-state index contributed by atoms with van der Waals surface area (Å²) in [6.07, 6.45) is 1.64. The van der Waals surface area contributed by atoms with Crippen molar-refractivity contribution in [2.24, 2.45) is 5.41 Å². The second kappa shape index (κ2) is 4.94. The summed E-state index contributed by atoms with van der Waals surface area (Å²) in [5, 5.41) is 9.21.